The van der Waals surface area contributed by atoms with Crippen LogP contribution in [0.1, 0.15) is 5.56 Å². The Morgan fingerprint density at radius 1 is 0.909 bits per heavy atom. The van der Waals surface area contributed by atoms with E-state index in [9.17, 15) is 4.79 Å². The summed E-state index contributed by atoms with van der Waals surface area (Å²) in [6, 6.07) is 17.4. The smallest absolute Gasteiger partial charge is 0.267 e. The van der Waals surface area contributed by atoms with Crippen molar-refractivity contribution in [2.75, 3.05) is 0 Å². The van der Waals surface area contributed by atoms with Gasteiger partial charge in [-0.3, -0.25) is 9.78 Å². The van der Waals surface area contributed by atoms with E-state index >= 15 is 0 Å². The monoisotopic (exact) mass is 287 g/mol. The first-order valence-corrected chi connectivity index (χ1v) is 7.10. The third-order valence-electron chi connectivity index (χ3n) is 3.80. The van der Waals surface area contributed by atoms with Crippen LogP contribution in [0.15, 0.2) is 71.8 Å². The van der Waals surface area contributed by atoms with Crippen molar-refractivity contribution in [1.82, 2.24) is 14.8 Å². The van der Waals surface area contributed by atoms with Gasteiger partial charge in [0.25, 0.3) is 5.56 Å². The molecule has 0 saturated carbocycles. The lowest BCUT2D eigenvalue weighted by molar-refractivity contribution is 0.649. The average Bonchev–Trinajstić information content (AvgIpc) is 2.58. The van der Waals surface area contributed by atoms with Crippen LogP contribution in [0.25, 0.3) is 21.7 Å². The van der Waals surface area contributed by atoms with E-state index in [0.717, 1.165) is 21.9 Å². The highest BCUT2D eigenvalue weighted by molar-refractivity contribution is 5.82. The molecule has 0 unspecified atom stereocenters. The van der Waals surface area contributed by atoms with Gasteiger partial charge in [-0.1, -0.05) is 42.5 Å². The van der Waals surface area contributed by atoms with Gasteiger partial charge in [0, 0.05) is 17.0 Å². The van der Waals surface area contributed by atoms with Crippen LogP contribution < -0.4 is 5.56 Å². The first-order valence-electron chi connectivity index (χ1n) is 7.10. The van der Waals surface area contributed by atoms with Gasteiger partial charge in [-0.25, -0.2) is 4.68 Å². The van der Waals surface area contributed by atoms with Gasteiger partial charge in [-0.2, -0.15) is 5.10 Å². The van der Waals surface area contributed by atoms with Gasteiger partial charge in [0.2, 0.25) is 0 Å². The summed E-state index contributed by atoms with van der Waals surface area (Å²) >= 11 is 0. The Hall–Kier alpha value is -3.01. The van der Waals surface area contributed by atoms with Crippen molar-refractivity contribution in [2.45, 2.75) is 6.54 Å². The van der Waals surface area contributed by atoms with Crippen LogP contribution >= 0.6 is 0 Å². The Balaban J connectivity index is 1.86. The maximum Gasteiger partial charge on any atom is 0.274 e. The maximum absolute atomic E-state index is 12.5. The molecule has 0 N–H and O–H groups in total. The van der Waals surface area contributed by atoms with E-state index in [1.54, 1.807) is 12.4 Å². The number of pyridine rings is 1. The quantitative estimate of drug-likeness (QED) is 0.569. The van der Waals surface area contributed by atoms with Gasteiger partial charge in [-0.05, 0) is 17.7 Å². The number of benzene rings is 2. The highest BCUT2D eigenvalue weighted by atomic mass is 16.1. The Morgan fingerprint density at radius 2 is 1.73 bits per heavy atom. The minimum absolute atomic E-state index is 0.0777. The molecule has 0 amide bonds. The number of rotatable bonds is 2. The lowest BCUT2D eigenvalue weighted by atomic mass is 10.1. The summed E-state index contributed by atoms with van der Waals surface area (Å²) in [6.07, 6.45) is 3.50. The fourth-order valence-corrected chi connectivity index (χ4v) is 2.70. The molecule has 106 valence electrons. The number of hydrogen-bond donors (Lipinski definition) is 0. The SMILES string of the molecule is O=c1c2ccccc2cnn1Cc1cccc2cccnc12. The first-order chi connectivity index (χ1) is 10.8. The standard InChI is InChI=1S/C18H13N3O/c22-18-16-9-2-1-5-14(16)11-20-21(18)12-15-7-3-6-13-8-4-10-19-17(13)15/h1-11H,12H2. The minimum atomic E-state index is -0.0777. The van der Waals surface area contributed by atoms with E-state index in [1.807, 2.05) is 54.6 Å². The highest BCUT2D eigenvalue weighted by Gasteiger charge is 2.07. The molecule has 0 spiro atoms. The van der Waals surface area contributed by atoms with Crippen LogP contribution in [0.3, 0.4) is 0 Å². The van der Waals surface area contributed by atoms with Crippen LogP contribution in [0, 0.1) is 0 Å². The molecule has 0 saturated heterocycles. The second-order valence-corrected chi connectivity index (χ2v) is 5.19. The molecule has 0 aliphatic carbocycles. The van der Waals surface area contributed by atoms with Crippen LogP contribution in [-0.4, -0.2) is 14.8 Å². The summed E-state index contributed by atoms with van der Waals surface area (Å²) in [4.78, 5) is 17.0. The molecule has 4 heteroatoms. The molecule has 2 aromatic carbocycles. The number of nitrogens with zero attached hydrogens (tertiary/aromatic N) is 3. The molecule has 2 heterocycles. The Morgan fingerprint density at radius 3 is 2.68 bits per heavy atom. The Bertz CT molecular complexity index is 1030. The van der Waals surface area contributed by atoms with Crippen molar-refractivity contribution in [1.29, 1.82) is 0 Å². The first kappa shape index (κ1) is 12.7. The van der Waals surface area contributed by atoms with Crippen molar-refractivity contribution in [3.05, 3.63) is 82.9 Å². The lowest BCUT2D eigenvalue weighted by Crippen LogP contribution is -2.23. The molecule has 4 rings (SSSR count). The van der Waals surface area contributed by atoms with Crippen molar-refractivity contribution < 1.29 is 0 Å². The van der Waals surface area contributed by atoms with E-state index in [2.05, 4.69) is 10.1 Å². The molecule has 2 aromatic heterocycles. The summed E-state index contributed by atoms with van der Waals surface area (Å²) in [5, 5.41) is 6.90. The van der Waals surface area contributed by atoms with E-state index in [4.69, 9.17) is 0 Å². The van der Waals surface area contributed by atoms with Crippen LogP contribution in [-0.2, 0) is 6.54 Å². The Kier molecular flexibility index (Phi) is 2.93. The third-order valence-corrected chi connectivity index (χ3v) is 3.80. The van der Waals surface area contributed by atoms with Gasteiger partial charge < -0.3 is 0 Å². The number of fused-ring (bicyclic) bond motifs is 2. The van der Waals surface area contributed by atoms with E-state index in [1.165, 1.54) is 4.68 Å². The molecule has 4 nitrogen and oxygen atoms in total. The topological polar surface area (TPSA) is 47.8 Å². The summed E-state index contributed by atoms with van der Waals surface area (Å²) < 4.78 is 1.49. The largest absolute Gasteiger partial charge is 0.274 e. The van der Waals surface area contributed by atoms with Crippen LogP contribution in [0.2, 0.25) is 0 Å². The number of hydrogen-bond acceptors (Lipinski definition) is 3. The zero-order chi connectivity index (χ0) is 14.9. The predicted molar refractivity (Wildman–Crippen MR) is 86.8 cm³/mol. The third kappa shape index (κ3) is 2.05. The predicted octanol–water partition coefficient (Wildman–Crippen LogP) is 2.99. The molecule has 0 bridgehead atoms. The second kappa shape index (κ2) is 5.07. The van der Waals surface area contributed by atoms with Gasteiger partial charge in [0.1, 0.15) is 0 Å². The van der Waals surface area contributed by atoms with E-state index in [-0.39, 0.29) is 5.56 Å². The van der Waals surface area contributed by atoms with Crippen molar-refractivity contribution in [3.63, 3.8) is 0 Å². The van der Waals surface area contributed by atoms with E-state index in [0.29, 0.717) is 11.9 Å². The molecule has 0 fully saturated rings. The molecule has 0 atom stereocenters. The maximum atomic E-state index is 12.5. The van der Waals surface area contributed by atoms with Crippen molar-refractivity contribution in [2.24, 2.45) is 0 Å². The molecule has 4 aromatic rings. The van der Waals surface area contributed by atoms with Gasteiger partial charge in [-0.15, -0.1) is 0 Å². The second-order valence-electron chi connectivity index (χ2n) is 5.19. The lowest BCUT2D eigenvalue weighted by Gasteiger charge is -2.08. The Labute approximate surface area is 126 Å². The molecular formula is C18H13N3O. The summed E-state index contributed by atoms with van der Waals surface area (Å²) in [6.45, 7) is 0.415. The highest BCUT2D eigenvalue weighted by Crippen LogP contribution is 2.16. The van der Waals surface area contributed by atoms with E-state index < -0.39 is 0 Å². The number of para-hydroxylation sites is 1. The van der Waals surface area contributed by atoms with Gasteiger partial charge in [0.05, 0.1) is 23.6 Å². The molecular weight excluding hydrogens is 274 g/mol. The number of aromatic nitrogens is 3. The minimum Gasteiger partial charge on any atom is -0.267 e. The van der Waals surface area contributed by atoms with Crippen molar-refractivity contribution in [3.8, 4) is 0 Å². The molecule has 0 aliphatic heterocycles. The zero-order valence-electron chi connectivity index (χ0n) is 11.8. The average molecular weight is 287 g/mol. The van der Waals surface area contributed by atoms with Crippen LogP contribution in [0.4, 0.5) is 0 Å². The molecule has 0 aliphatic rings. The fourth-order valence-electron chi connectivity index (χ4n) is 2.70. The van der Waals surface area contributed by atoms with Gasteiger partial charge >= 0.3 is 0 Å². The van der Waals surface area contributed by atoms with Gasteiger partial charge in [0.15, 0.2) is 0 Å². The summed E-state index contributed by atoms with van der Waals surface area (Å²) in [5.74, 6) is 0. The summed E-state index contributed by atoms with van der Waals surface area (Å²) in [5.41, 5.74) is 1.82. The van der Waals surface area contributed by atoms with Crippen LogP contribution in [0.5, 0.6) is 0 Å². The summed E-state index contributed by atoms with van der Waals surface area (Å²) in [7, 11) is 0. The normalized spacial score (nSPS) is 11.1. The molecule has 22 heavy (non-hydrogen) atoms. The molecule has 0 radical (unpaired) electrons. The zero-order valence-corrected chi connectivity index (χ0v) is 11.8. The van der Waals surface area contributed by atoms with Crippen molar-refractivity contribution >= 4 is 21.7 Å². The fraction of sp³-hybridized carbons (Fsp3) is 0.0556.